The molecule has 0 saturated heterocycles. The van der Waals surface area contributed by atoms with Crippen LogP contribution < -0.4 is 5.32 Å². The van der Waals surface area contributed by atoms with E-state index in [-0.39, 0.29) is 11.9 Å². The SMILES string of the molecule is CCOC(=O)c1nc2c(NC3CCc4ncn(C5CC5)c4C3)ncnc2n1CC. The molecule has 1 N–H and O–H groups in total. The zero-order valence-corrected chi connectivity index (χ0v) is 16.8. The van der Waals surface area contributed by atoms with Crippen LogP contribution >= 0.6 is 0 Å². The van der Waals surface area contributed by atoms with Crippen LogP contribution in [0.5, 0.6) is 0 Å². The van der Waals surface area contributed by atoms with E-state index in [1.165, 1.54) is 30.6 Å². The van der Waals surface area contributed by atoms with Crippen LogP contribution in [-0.2, 0) is 24.1 Å². The third-order valence-corrected chi connectivity index (χ3v) is 5.74. The molecule has 0 bridgehead atoms. The van der Waals surface area contributed by atoms with Crippen molar-refractivity contribution < 1.29 is 9.53 Å². The predicted molar refractivity (Wildman–Crippen MR) is 107 cm³/mol. The molecule has 0 radical (unpaired) electrons. The van der Waals surface area contributed by atoms with Gasteiger partial charge in [0.2, 0.25) is 5.82 Å². The molecule has 9 heteroatoms. The Labute approximate surface area is 168 Å². The quantitative estimate of drug-likeness (QED) is 0.640. The van der Waals surface area contributed by atoms with Crippen LogP contribution in [0.2, 0.25) is 0 Å². The van der Waals surface area contributed by atoms with Gasteiger partial charge in [-0.3, -0.25) is 0 Å². The smallest absolute Gasteiger partial charge is 0.374 e. The van der Waals surface area contributed by atoms with Gasteiger partial charge in [-0.1, -0.05) is 0 Å². The molecule has 5 rings (SSSR count). The highest BCUT2D eigenvalue weighted by molar-refractivity contribution is 5.93. The number of hydrogen-bond acceptors (Lipinski definition) is 7. The van der Waals surface area contributed by atoms with E-state index in [1.807, 2.05) is 13.3 Å². The van der Waals surface area contributed by atoms with Crippen LogP contribution in [0.25, 0.3) is 11.2 Å². The van der Waals surface area contributed by atoms with Crippen molar-refractivity contribution in [2.75, 3.05) is 11.9 Å². The van der Waals surface area contributed by atoms with Crippen molar-refractivity contribution in [2.45, 2.75) is 64.6 Å². The molecule has 1 unspecified atom stereocenters. The fourth-order valence-corrected chi connectivity index (χ4v) is 4.18. The van der Waals surface area contributed by atoms with Crippen molar-refractivity contribution in [1.82, 2.24) is 29.1 Å². The zero-order chi connectivity index (χ0) is 20.0. The molecule has 0 aliphatic heterocycles. The first-order chi connectivity index (χ1) is 14.2. The number of hydrogen-bond donors (Lipinski definition) is 1. The third kappa shape index (κ3) is 3.14. The van der Waals surface area contributed by atoms with Crippen molar-refractivity contribution in [3.8, 4) is 0 Å². The number of rotatable bonds is 6. The van der Waals surface area contributed by atoms with E-state index in [0.29, 0.717) is 36.2 Å². The molecule has 1 saturated carbocycles. The van der Waals surface area contributed by atoms with Gasteiger partial charge >= 0.3 is 5.97 Å². The van der Waals surface area contributed by atoms with Crippen LogP contribution in [0.3, 0.4) is 0 Å². The number of anilines is 1. The van der Waals surface area contributed by atoms with Gasteiger partial charge in [0.05, 0.1) is 18.6 Å². The Morgan fingerprint density at radius 3 is 2.86 bits per heavy atom. The Kier molecular flexibility index (Phi) is 4.44. The van der Waals surface area contributed by atoms with Gasteiger partial charge < -0.3 is 19.2 Å². The highest BCUT2D eigenvalue weighted by Crippen LogP contribution is 2.38. The number of carbonyl (C=O) groups is 1. The lowest BCUT2D eigenvalue weighted by Crippen LogP contribution is -2.29. The summed E-state index contributed by atoms with van der Waals surface area (Å²) in [4.78, 5) is 30.3. The molecule has 29 heavy (non-hydrogen) atoms. The van der Waals surface area contributed by atoms with Crippen LogP contribution in [0, 0.1) is 0 Å². The monoisotopic (exact) mass is 395 g/mol. The molecule has 0 amide bonds. The van der Waals surface area contributed by atoms with Crippen molar-refractivity contribution in [1.29, 1.82) is 0 Å². The number of ether oxygens (including phenoxy) is 1. The average molecular weight is 395 g/mol. The Hall–Kier alpha value is -2.97. The number of aryl methyl sites for hydroxylation is 2. The number of nitrogens with zero attached hydrogens (tertiary/aromatic N) is 6. The number of aromatic nitrogens is 6. The van der Waals surface area contributed by atoms with Gasteiger partial charge in [-0.15, -0.1) is 0 Å². The molecule has 9 nitrogen and oxygen atoms in total. The summed E-state index contributed by atoms with van der Waals surface area (Å²) in [7, 11) is 0. The van der Waals surface area contributed by atoms with E-state index in [1.54, 1.807) is 11.5 Å². The first-order valence-corrected chi connectivity index (χ1v) is 10.4. The lowest BCUT2D eigenvalue weighted by molar-refractivity contribution is 0.0507. The van der Waals surface area contributed by atoms with E-state index in [0.717, 1.165) is 19.3 Å². The van der Waals surface area contributed by atoms with Gasteiger partial charge in [0.1, 0.15) is 6.33 Å². The molecule has 3 aromatic heterocycles. The number of nitrogens with one attached hydrogen (secondary N) is 1. The largest absolute Gasteiger partial charge is 0.460 e. The molecule has 2 aliphatic rings. The second-order valence-electron chi connectivity index (χ2n) is 7.66. The summed E-state index contributed by atoms with van der Waals surface area (Å²) in [6.07, 6.45) is 8.88. The highest BCUT2D eigenvalue weighted by Gasteiger charge is 2.31. The summed E-state index contributed by atoms with van der Waals surface area (Å²) < 4.78 is 9.29. The lowest BCUT2D eigenvalue weighted by Gasteiger charge is -2.24. The van der Waals surface area contributed by atoms with Gasteiger partial charge in [-0.25, -0.2) is 24.7 Å². The molecular weight excluding hydrogens is 370 g/mol. The first kappa shape index (κ1) is 18.1. The van der Waals surface area contributed by atoms with Gasteiger partial charge in [-0.05, 0) is 39.5 Å². The maximum atomic E-state index is 12.3. The normalized spacial score (nSPS) is 18.6. The molecule has 1 atom stereocenters. The molecule has 0 aromatic carbocycles. The van der Waals surface area contributed by atoms with E-state index >= 15 is 0 Å². The van der Waals surface area contributed by atoms with Gasteiger partial charge in [0.15, 0.2) is 17.0 Å². The third-order valence-electron chi connectivity index (χ3n) is 5.74. The minimum Gasteiger partial charge on any atom is -0.460 e. The Morgan fingerprint density at radius 2 is 2.10 bits per heavy atom. The second-order valence-corrected chi connectivity index (χ2v) is 7.66. The molecule has 1 fully saturated rings. The van der Waals surface area contributed by atoms with Crippen LogP contribution in [0.15, 0.2) is 12.7 Å². The van der Waals surface area contributed by atoms with E-state index in [9.17, 15) is 4.79 Å². The van der Waals surface area contributed by atoms with E-state index < -0.39 is 5.97 Å². The summed E-state index contributed by atoms with van der Waals surface area (Å²) in [5.41, 5.74) is 3.82. The van der Waals surface area contributed by atoms with Crippen molar-refractivity contribution in [2.24, 2.45) is 0 Å². The van der Waals surface area contributed by atoms with Crippen molar-refractivity contribution in [3.63, 3.8) is 0 Å². The zero-order valence-electron chi connectivity index (χ0n) is 16.8. The molecule has 2 aliphatic carbocycles. The average Bonchev–Trinajstić information content (AvgIpc) is 3.36. The standard InChI is InChI=1S/C20H25N7O2/c1-3-26-18-16(25-19(26)20(28)29-4-2)17(21-10-22-18)24-12-5-8-14-15(9-12)27(11-23-14)13-6-7-13/h10-13H,3-9H2,1-2H3,(H,21,22,24). The van der Waals surface area contributed by atoms with Crippen LogP contribution in [0.4, 0.5) is 5.82 Å². The van der Waals surface area contributed by atoms with Crippen molar-refractivity contribution >= 4 is 23.0 Å². The Morgan fingerprint density at radius 1 is 1.24 bits per heavy atom. The fourth-order valence-electron chi connectivity index (χ4n) is 4.18. The van der Waals surface area contributed by atoms with E-state index in [4.69, 9.17) is 4.74 Å². The van der Waals surface area contributed by atoms with Crippen LogP contribution in [0.1, 0.15) is 61.2 Å². The van der Waals surface area contributed by atoms with Crippen molar-refractivity contribution in [3.05, 3.63) is 29.9 Å². The maximum Gasteiger partial charge on any atom is 0.374 e. The summed E-state index contributed by atoms with van der Waals surface area (Å²) in [6, 6.07) is 0.871. The number of carbonyl (C=O) groups excluding carboxylic acids is 1. The molecule has 3 aromatic rings. The van der Waals surface area contributed by atoms with Gasteiger partial charge in [-0.2, -0.15) is 0 Å². The van der Waals surface area contributed by atoms with Gasteiger partial charge in [0, 0.05) is 30.7 Å². The van der Waals surface area contributed by atoms with E-state index in [2.05, 4.69) is 29.8 Å². The predicted octanol–water partition coefficient (Wildman–Crippen LogP) is 2.52. The second kappa shape index (κ2) is 7.13. The lowest BCUT2D eigenvalue weighted by atomic mass is 9.95. The van der Waals surface area contributed by atoms with Gasteiger partial charge in [0.25, 0.3) is 0 Å². The van der Waals surface area contributed by atoms with Crippen LogP contribution in [-0.4, -0.2) is 47.7 Å². The summed E-state index contributed by atoms with van der Waals surface area (Å²) in [6.45, 7) is 4.63. The molecule has 152 valence electrons. The molecule has 3 heterocycles. The summed E-state index contributed by atoms with van der Waals surface area (Å²) in [5.74, 6) is 0.498. The molecule has 0 spiro atoms. The number of fused-ring (bicyclic) bond motifs is 2. The summed E-state index contributed by atoms with van der Waals surface area (Å²) >= 11 is 0. The maximum absolute atomic E-state index is 12.3. The topological polar surface area (TPSA) is 99.8 Å². The Bertz CT molecular complexity index is 1070. The molecular formula is C20H25N7O2. The minimum absolute atomic E-state index is 0.243. The first-order valence-electron chi connectivity index (χ1n) is 10.4. The minimum atomic E-state index is -0.436. The number of esters is 1. The summed E-state index contributed by atoms with van der Waals surface area (Å²) in [5, 5.41) is 3.56. The fraction of sp³-hybridized carbons (Fsp3) is 0.550. The number of imidazole rings is 2. The highest BCUT2D eigenvalue weighted by atomic mass is 16.5. The Balaban J connectivity index is 1.45.